The van der Waals surface area contributed by atoms with Crippen molar-refractivity contribution in [2.45, 2.75) is 6.54 Å². The molecule has 0 atom stereocenters. The zero-order valence-electron chi connectivity index (χ0n) is 12.4. The Bertz CT molecular complexity index is 612. The molecule has 0 aliphatic carbocycles. The Kier molecular flexibility index (Phi) is 5.80. The summed E-state index contributed by atoms with van der Waals surface area (Å²) in [6.07, 6.45) is 1.11. The average molecular weight is 347 g/mol. The molecule has 1 saturated heterocycles. The lowest BCUT2D eigenvalue weighted by Crippen LogP contribution is -2.46. The van der Waals surface area contributed by atoms with Gasteiger partial charge in [-0.3, -0.25) is 4.79 Å². The molecule has 1 amide bonds. The smallest absolute Gasteiger partial charge is 0.238 e. The maximum Gasteiger partial charge on any atom is 0.238 e. The summed E-state index contributed by atoms with van der Waals surface area (Å²) in [5.74, 6) is -0.206. The molecule has 1 aromatic carbocycles. The second kappa shape index (κ2) is 7.41. The van der Waals surface area contributed by atoms with Gasteiger partial charge in [0.15, 0.2) is 0 Å². The van der Waals surface area contributed by atoms with Crippen molar-refractivity contribution in [2.75, 3.05) is 39.1 Å². The van der Waals surface area contributed by atoms with Gasteiger partial charge in [-0.25, -0.2) is 8.42 Å². The van der Waals surface area contributed by atoms with Crippen molar-refractivity contribution in [3.05, 3.63) is 34.9 Å². The number of morpholine rings is 1. The maximum absolute atomic E-state index is 12.2. The molecule has 8 heteroatoms. The Morgan fingerprint density at radius 3 is 2.41 bits per heavy atom. The number of benzene rings is 1. The Morgan fingerprint density at radius 2 is 1.86 bits per heavy atom. The summed E-state index contributed by atoms with van der Waals surface area (Å²) in [7, 11) is -3.49. The maximum atomic E-state index is 12.2. The Hall–Kier alpha value is -1.15. The minimum atomic E-state index is -3.49. The van der Waals surface area contributed by atoms with E-state index >= 15 is 0 Å². The van der Waals surface area contributed by atoms with Gasteiger partial charge in [-0.05, 0) is 17.7 Å². The molecule has 22 heavy (non-hydrogen) atoms. The Balaban J connectivity index is 2.06. The summed E-state index contributed by atoms with van der Waals surface area (Å²) < 4.78 is 30.2. The molecule has 2 rings (SSSR count). The average Bonchev–Trinajstić information content (AvgIpc) is 2.48. The monoisotopic (exact) mass is 346 g/mol. The van der Waals surface area contributed by atoms with Gasteiger partial charge in [-0.1, -0.05) is 23.7 Å². The zero-order valence-corrected chi connectivity index (χ0v) is 13.9. The highest BCUT2D eigenvalue weighted by atomic mass is 35.5. The topological polar surface area (TPSA) is 66.9 Å². The number of carbonyl (C=O) groups is 1. The second-order valence-corrected chi connectivity index (χ2v) is 7.57. The zero-order chi connectivity index (χ0) is 16.2. The van der Waals surface area contributed by atoms with Gasteiger partial charge in [0.1, 0.15) is 0 Å². The first-order valence-corrected chi connectivity index (χ1v) is 9.14. The van der Waals surface area contributed by atoms with E-state index in [9.17, 15) is 13.2 Å². The van der Waals surface area contributed by atoms with Crippen LogP contribution < -0.4 is 0 Å². The molecule has 1 aromatic rings. The van der Waals surface area contributed by atoms with E-state index in [4.69, 9.17) is 16.3 Å². The van der Waals surface area contributed by atoms with Crippen LogP contribution in [0.2, 0.25) is 5.02 Å². The minimum absolute atomic E-state index is 0.145. The molecule has 122 valence electrons. The number of nitrogens with zero attached hydrogens (tertiary/aromatic N) is 2. The van der Waals surface area contributed by atoms with Crippen molar-refractivity contribution in [1.29, 1.82) is 0 Å². The minimum Gasteiger partial charge on any atom is -0.378 e. The van der Waals surface area contributed by atoms with Gasteiger partial charge in [0, 0.05) is 24.7 Å². The molecule has 6 nitrogen and oxygen atoms in total. The number of ether oxygens (including phenoxy) is 1. The van der Waals surface area contributed by atoms with Gasteiger partial charge >= 0.3 is 0 Å². The fourth-order valence-corrected chi connectivity index (χ4v) is 3.00. The van der Waals surface area contributed by atoms with E-state index in [-0.39, 0.29) is 19.0 Å². The lowest BCUT2D eigenvalue weighted by molar-refractivity contribution is -0.135. The normalized spacial score (nSPS) is 16.0. The van der Waals surface area contributed by atoms with E-state index in [1.54, 1.807) is 29.2 Å². The first-order valence-electron chi connectivity index (χ1n) is 6.91. The summed E-state index contributed by atoms with van der Waals surface area (Å²) in [6.45, 7) is 1.95. The summed E-state index contributed by atoms with van der Waals surface area (Å²) in [6, 6.07) is 6.89. The van der Waals surface area contributed by atoms with Gasteiger partial charge in [-0.2, -0.15) is 4.31 Å². The molecule has 0 unspecified atom stereocenters. The van der Waals surface area contributed by atoms with Gasteiger partial charge in [-0.15, -0.1) is 0 Å². The number of hydrogen-bond acceptors (Lipinski definition) is 4. The lowest BCUT2D eigenvalue weighted by atomic mass is 10.2. The molecule has 0 bridgehead atoms. The highest BCUT2D eigenvalue weighted by molar-refractivity contribution is 7.88. The van der Waals surface area contributed by atoms with Crippen LogP contribution >= 0.6 is 11.6 Å². The van der Waals surface area contributed by atoms with Crippen molar-refractivity contribution in [2.24, 2.45) is 0 Å². The second-order valence-electron chi connectivity index (χ2n) is 5.15. The van der Waals surface area contributed by atoms with Crippen LogP contribution in [0.3, 0.4) is 0 Å². The van der Waals surface area contributed by atoms with Crippen molar-refractivity contribution in [3.8, 4) is 0 Å². The molecule has 0 saturated carbocycles. The van der Waals surface area contributed by atoms with Crippen LogP contribution in [-0.2, 0) is 26.1 Å². The molecular formula is C14H19ClN2O4S. The highest BCUT2D eigenvalue weighted by Crippen LogP contribution is 2.13. The quantitative estimate of drug-likeness (QED) is 0.796. The Morgan fingerprint density at radius 1 is 1.27 bits per heavy atom. The summed E-state index contributed by atoms with van der Waals surface area (Å²) >= 11 is 5.82. The fraction of sp³-hybridized carbons (Fsp3) is 0.500. The number of halogens is 1. The molecule has 1 heterocycles. The molecule has 1 aliphatic rings. The van der Waals surface area contributed by atoms with E-state index in [1.165, 1.54) is 4.31 Å². The number of carbonyl (C=O) groups excluding carboxylic acids is 1. The number of hydrogen-bond donors (Lipinski definition) is 0. The van der Waals surface area contributed by atoms with Crippen LogP contribution in [0.1, 0.15) is 5.56 Å². The Labute approximate surface area is 135 Å². The first kappa shape index (κ1) is 17.2. The van der Waals surface area contributed by atoms with Crippen molar-refractivity contribution < 1.29 is 17.9 Å². The van der Waals surface area contributed by atoms with E-state index in [0.717, 1.165) is 11.8 Å². The highest BCUT2D eigenvalue weighted by Gasteiger charge is 2.24. The van der Waals surface area contributed by atoms with E-state index in [0.29, 0.717) is 31.3 Å². The van der Waals surface area contributed by atoms with Gasteiger partial charge in [0.05, 0.1) is 26.0 Å². The number of rotatable bonds is 5. The summed E-state index contributed by atoms with van der Waals surface area (Å²) in [5.41, 5.74) is 0.782. The van der Waals surface area contributed by atoms with E-state index < -0.39 is 10.0 Å². The van der Waals surface area contributed by atoms with Crippen molar-refractivity contribution in [3.63, 3.8) is 0 Å². The number of sulfonamides is 1. The van der Waals surface area contributed by atoms with Gasteiger partial charge < -0.3 is 9.64 Å². The van der Waals surface area contributed by atoms with Crippen molar-refractivity contribution in [1.82, 2.24) is 9.21 Å². The van der Waals surface area contributed by atoms with Crippen LogP contribution in [0.5, 0.6) is 0 Å². The predicted molar refractivity (Wildman–Crippen MR) is 84.1 cm³/mol. The largest absolute Gasteiger partial charge is 0.378 e. The van der Waals surface area contributed by atoms with Gasteiger partial charge in [0.25, 0.3) is 0 Å². The van der Waals surface area contributed by atoms with Gasteiger partial charge in [0.2, 0.25) is 15.9 Å². The van der Waals surface area contributed by atoms with Crippen LogP contribution in [0.15, 0.2) is 24.3 Å². The molecule has 1 fully saturated rings. The molecule has 0 N–H and O–H groups in total. The molecule has 0 radical (unpaired) electrons. The molecular weight excluding hydrogens is 328 g/mol. The fourth-order valence-electron chi connectivity index (χ4n) is 2.15. The van der Waals surface area contributed by atoms with Crippen LogP contribution in [-0.4, -0.2) is 62.6 Å². The standard InChI is InChI=1S/C14H19ClN2O4S/c1-22(19,20)17(10-12-2-4-13(15)5-3-12)11-14(18)16-6-8-21-9-7-16/h2-5H,6-11H2,1H3. The number of amides is 1. The lowest BCUT2D eigenvalue weighted by Gasteiger charge is -2.29. The van der Waals surface area contributed by atoms with E-state index in [2.05, 4.69) is 0 Å². The van der Waals surface area contributed by atoms with Crippen LogP contribution in [0, 0.1) is 0 Å². The third kappa shape index (κ3) is 4.95. The third-order valence-electron chi connectivity index (χ3n) is 3.42. The van der Waals surface area contributed by atoms with Crippen LogP contribution in [0.25, 0.3) is 0 Å². The molecule has 1 aliphatic heterocycles. The summed E-state index contributed by atoms with van der Waals surface area (Å²) in [4.78, 5) is 13.9. The molecule has 0 aromatic heterocycles. The van der Waals surface area contributed by atoms with E-state index in [1.807, 2.05) is 0 Å². The summed E-state index contributed by atoms with van der Waals surface area (Å²) in [5, 5.41) is 0.582. The van der Waals surface area contributed by atoms with Crippen molar-refractivity contribution >= 4 is 27.5 Å². The SMILES string of the molecule is CS(=O)(=O)N(CC(=O)N1CCOCC1)Cc1ccc(Cl)cc1. The molecule has 0 spiro atoms. The van der Waals surface area contributed by atoms with Crippen LogP contribution in [0.4, 0.5) is 0 Å². The first-order chi connectivity index (χ1) is 10.4. The third-order valence-corrected chi connectivity index (χ3v) is 4.86. The predicted octanol–water partition coefficient (Wildman–Crippen LogP) is 0.960.